The van der Waals surface area contributed by atoms with E-state index in [4.69, 9.17) is 0 Å². The second kappa shape index (κ2) is 6.02. The minimum Gasteiger partial charge on any atom is -0.321 e. The maximum atomic E-state index is 12.2. The highest BCUT2D eigenvalue weighted by Crippen LogP contribution is 2.20. The van der Waals surface area contributed by atoms with Gasteiger partial charge in [0, 0.05) is 9.26 Å². The van der Waals surface area contributed by atoms with Gasteiger partial charge < -0.3 is 5.32 Å². The summed E-state index contributed by atoms with van der Waals surface area (Å²) in [6.45, 7) is 5.79. The van der Waals surface area contributed by atoms with Crippen molar-refractivity contribution in [3.05, 3.63) is 69.3 Å². The average molecular weight is 363 g/mol. The molecule has 0 aliphatic rings. The molecule has 2 aromatic carbocycles. The topological polar surface area (TPSA) is 29.1 Å². The van der Waals surface area contributed by atoms with E-state index < -0.39 is 0 Å². The number of aryl methyl sites for hydroxylation is 1. The molecule has 0 radical (unpaired) electrons. The lowest BCUT2D eigenvalue weighted by atomic mass is 10.1. The molecular weight excluding hydrogens is 349 g/mol. The number of rotatable bonds is 3. The summed E-state index contributed by atoms with van der Waals surface area (Å²) in [7, 11) is 0. The van der Waals surface area contributed by atoms with Gasteiger partial charge in [0.05, 0.1) is 5.56 Å². The van der Waals surface area contributed by atoms with Gasteiger partial charge in [-0.25, -0.2) is 0 Å². The second-order valence-electron chi connectivity index (χ2n) is 4.23. The van der Waals surface area contributed by atoms with Crippen molar-refractivity contribution in [1.29, 1.82) is 0 Å². The molecule has 0 aliphatic heterocycles. The number of benzene rings is 2. The Labute approximate surface area is 126 Å². The summed E-state index contributed by atoms with van der Waals surface area (Å²) in [5.74, 6) is -0.100. The number of amides is 1. The lowest BCUT2D eigenvalue weighted by Crippen LogP contribution is -2.14. The van der Waals surface area contributed by atoms with Crippen LogP contribution in [0, 0.1) is 10.5 Å². The van der Waals surface area contributed by atoms with Gasteiger partial charge in [-0.05, 0) is 59.3 Å². The Bertz CT molecular complexity index is 634. The summed E-state index contributed by atoms with van der Waals surface area (Å²) in [4.78, 5) is 12.2. The first kappa shape index (κ1) is 13.8. The minimum absolute atomic E-state index is 0.100. The number of carbonyl (C=O) groups is 1. The van der Waals surface area contributed by atoms with Crippen LogP contribution in [0.5, 0.6) is 0 Å². The maximum absolute atomic E-state index is 12.2. The molecule has 1 N–H and O–H groups in total. The Balaban J connectivity index is 2.29. The van der Waals surface area contributed by atoms with Gasteiger partial charge in [0.25, 0.3) is 5.91 Å². The molecule has 96 valence electrons. The molecule has 0 bridgehead atoms. The van der Waals surface area contributed by atoms with Crippen molar-refractivity contribution in [2.24, 2.45) is 0 Å². The number of anilines is 1. The second-order valence-corrected chi connectivity index (χ2v) is 5.39. The summed E-state index contributed by atoms with van der Waals surface area (Å²) in [6.07, 6.45) is 1.75. The number of halogens is 1. The van der Waals surface area contributed by atoms with Crippen molar-refractivity contribution in [1.82, 2.24) is 0 Å². The Morgan fingerprint density at radius 3 is 2.68 bits per heavy atom. The van der Waals surface area contributed by atoms with Crippen molar-refractivity contribution >= 4 is 40.3 Å². The number of nitrogens with one attached hydrogen (secondary N) is 1. The highest BCUT2D eigenvalue weighted by molar-refractivity contribution is 14.1. The van der Waals surface area contributed by atoms with Crippen LogP contribution in [0.4, 0.5) is 5.69 Å². The summed E-state index contributed by atoms with van der Waals surface area (Å²) in [6, 6.07) is 13.4. The SMILES string of the molecule is C=Cc1cc(C)ccc1NC(=O)c1ccccc1I. The molecule has 0 aromatic heterocycles. The highest BCUT2D eigenvalue weighted by atomic mass is 127. The fraction of sp³-hybridized carbons (Fsp3) is 0.0625. The third kappa shape index (κ3) is 3.23. The minimum atomic E-state index is -0.100. The van der Waals surface area contributed by atoms with E-state index in [2.05, 4.69) is 34.5 Å². The van der Waals surface area contributed by atoms with Crippen LogP contribution in [-0.4, -0.2) is 5.91 Å². The van der Waals surface area contributed by atoms with Gasteiger partial charge in [-0.1, -0.05) is 36.4 Å². The zero-order valence-corrected chi connectivity index (χ0v) is 12.8. The Hall–Kier alpha value is -1.62. The van der Waals surface area contributed by atoms with Crippen LogP contribution in [0.3, 0.4) is 0 Å². The zero-order chi connectivity index (χ0) is 13.8. The Morgan fingerprint density at radius 2 is 2.00 bits per heavy atom. The van der Waals surface area contributed by atoms with Crippen molar-refractivity contribution in [2.75, 3.05) is 5.32 Å². The monoisotopic (exact) mass is 363 g/mol. The van der Waals surface area contributed by atoms with Crippen molar-refractivity contribution in [2.45, 2.75) is 6.92 Å². The smallest absolute Gasteiger partial charge is 0.256 e. The van der Waals surface area contributed by atoms with E-state index in [0.29, 0.717) is 5.56 Å². The Morgan fingerprint density at radius 1 is 1.26 bits per heavy atom. The molecule has 0 saturated heterocycles. The molecule has 0 fully saturated rings. The van der Waals surface area contributed by atoms with Gasteiger partial charge in [-0.3, -0.25) is 4.79 Å². The van der Waals surface area contributed by atoms with Crippen LogP contribution in [0.25, 0.3) is 6.08 Å². The molecule has 0 spiro atoms. The van der Waals surface area contributed by atoms with Crippen molar-refractivity contribution in [3.8, 4) is 0 Å². The number of hydrogen-bond acceptors (Lipinski definition) is 1. The maximum Gasteiger partial charge on any atom is 0.256 e. The van der Waals surface area contributed by atoms with Crippen LogP contribution < -0.4 is 5.32 Å². The van der Waals surface area contributed by atoms with Crippen LogP contribution >= 0.6 is 22.6 Å². The van der Waals surface area contributed by atoms with Gasteiger partial charge in [0.1, 0.15) is 0 Å². The molecule has 3 heteroatoms. The molecule has 0 unspecified atom stereocenters. The quantitative estimate of drug-likeness (QED) is 0.800. The Kier molecular flexibility index (Phi) is 4.37. The van der Waals surface area contributed by atoms with Gasteiger partial charge in [-0.15, -0.1) is 0 Å². The van der Waals surface area contributed by atoms with Crippen LogP contribution in [0.2, 0.25) is 0 Å². The lowest BCUT2D eigenvalue weighted by Gasteiger charge is -2.10. The molecule has 2 rings (SSSR count). The average Bonchev–Trinajstić information content (AvgIpc) is 2.41. The molecule has 0 saturated carbocycles. The first-order valence-corrected chi connectivity index (χ1v) is 6.98. The van der Waals surface area contributed by atoms with Crippen molar-refractivity contribution < 1.29 is 4.79 Å². The first-order chi connectivity index (χ1) is 9.11. The van der Waals surface area contributed by atoms with Crippen LogP contribution in [0.1, 0.15) is 21.5 Å². The van der Waals surface area contributed by atoms with Crippen molar-refractivity contribution in [3.63, 3.8) is 0 Å². The molecule has 19 heavy (non-hydrogen) atoms. The molecular formula is C16H14INO. The van der Waals surface area contributed by atoms with E-state index in [0.717, 1.165) is 20.4 Å². The number of hydrogen-bond donors (Lipinski definition) is 1. The third-order valence-electron chi connectivity index (χ3n) is 2.79. The van der Waals surface area contributed by atoms with E-state index in [1.54, 1.807) is 6.08 Å². The molecule has 0 atom stereocenters. The summed E-state index contributed by atoms with van der Waals surface area (Å²) >= 11 is 2.16. The van der Waals surface area contributed by atoms with Crippen LogP contribution in [-0.2, 0) is 0 Å². The fourth-order valence-electron chi connectivity index (χ4n) is 1.80. The molecule has 0 heterocycles. The van der Waals surface area contributed by atoms with E-state index in [1.807, 2.05) is 49.4 Å². The highest BCUT2D eigenvalue weighted by Gasteiger charge is 2.10. The first-order valence-electron chi connectivity index (χ1n) is 5.91. The largest absolute Gasteiger partial charge is 0.321 e. The molecule has 2 aromatic rings. The molecule has 0 aliphatic carbocycles. The predicted octanol–water partition coefficient (Wildman–Crippen LogP) is 4.49. The normalized spacial score (nSPS) is 10.0. The number of carbonyl (C=O) groups excluding carboxylic acids is 1. The lowest BCUT2D eigenvalue weighted by molar-refractivity contribution is 0.102. The fourth-order valence-corrected chi connectivity index (χ4v) is 2.43. The zero-order valence-electron chi connectivity index (χ0n) is 10.6. The predicted molar refractivity (Wildman–Crippen MR) is 88.4 cm³/mol. The standard InChI is InChI=1S/C16H14INO/c1-3-12-10-11(2)8-9-15(12)18-16(19)13-6-4-5-7-14(13)17/h3-10H,1H2,2H3,(H,18,19). The van der Waals surface area contributed by atoms with Gasteiger partial charge in [0.2, 0.25) is 0 Å². The van der Waals surface area contributed by atoms with Gasteiger partial charge >= 0.3 is 0 Å². The van der Waals surface area contributed by atoms with Gasteiger partial charge in [0.15, 0.2) is 0 Å². The van der Waals surface area contributed by atoms with Gasteiger partial charge in [-0.2, -0.15) is 0 Å². The molecule has 1 amide bonds. The van der Waals surface area contributed by atoms with E-state index in [9.17, 15) is 4.79 Å². The third-order valence-corrected chi connectivity index (χ3v) is 3.73. The summed E-state index contributed by atoms with van der Waals surface area (Å²) in [5.41, 5.74) is 3.53. The van der Waals surface area contributed by atoms with E-state index >= 15 is 0 Å². The summed E-state index contributed by atoms with van der Waals surface area (Å²) in [5, 5.41) is 2.93. The van der Waals surface area contributed by atoms with E-state index in [-0.39, 0.29) is 5.91 Å². The van der Waals surface area contributed by atoms with E-state index in [1.165, 1.54) is 0 Å². The summed E-state index contributed by atoms with van der Waals surface area (Å²) < 4.78 is 0.935. The molecule has 2 nitrogen and oxygen atoms in total. The van der Waals surface area contributed by atoms with Crippen LogP contribution in [0.15, 0.2) is 49.0 Å².